The highest BCUT2D eigenvalue weighted by Gasteiger charge is 2.18. The Labute approximate surface area is 138 Å². The van der Waals surface area contributed by atoms with Crippen LogP contribution in [-0.2, 0) is 0 Å². The predicted molar refractivity (Wildman–Crippen MR) is 93.4 cm³/mol. The Balaban J connectivity index is 2.37. The Kier molecular flexibility index (Phi) is 3.00. The average molecular weight is 371 g/mol. The first kappa shape index (κ1) is 14.0. The molecule has 2 aromatic heterocycles. The van der Waals surface area contributed by atoms with E-state index in [0.717, 1.165) is 30.7 Å². The van der Waals surface area contributed by atoms with Gasteiger partial charge in [-0.25, -0.2) is 15.2 Å². The highest BCUT2D eigenvalue weighted by atomic mass is 79.9. The van der Waals surface area contributed by atoms with Crippen LogP contribution in [-0.4, -0.2) is 15.6 Å². The third-order valence-corrected chi connectivity index (χ3v) is 4.41. The number of amides is 1. The lowest BCUT2D eigenvalue weighted by atomic mass is 10.1. The molecular formula is C16H11BrN4O2. The number of pyridine rings is 1. The standard InChI is InChI=1S/C16H11BrN4O2/c17-8-5-6-12-11(7-8)13-9-3-1-2-4-10(9)15(22)21(14(13)19-12)16(23)20-18/h1-7,19H,18H2,(H,20,23). The SMILES string of the molecule is NNC(=O)n1c(=O)c2ccccc2c2c3cc(Br)ccc3[nH]c21. The molecule has 0 aliphatic heterocycles. The number of fused-ring (bicyclic) bond motifs is 5. The van der Waals surface area contributed by atoms with Gasteiger partial charge in [-0.3, -0.25) is 10.2 Å². The molecule has 0 atom stereocenters. The number of carbonyl (C=O) groups excluding carboxylic acids is 1. The van der Waals surface area contributed by atoms with Crippen LogP contribution >= 0.6 is 15.9 Å². The van der Waals surface area contributed by atoms with Crippen LogP contribution in [0, 0.1) is 0 Å². The van der Waals surface area contributed by atoms with Gasteiger partial charge in [-0.2, -0.15) is 0 Å². The molecule has 0 bridgehead atoms. The molecule has 4 rings (SSSR count). The Bertz CT molecular complexity index is 1160. The maximum atomic E-state index is 12.7. The summed E-state index contributed by atoms with van der Waals surface area (Å²) in [6.45, 7) is 0. The molecule has 0 saturated carbocycles. The summed E-state index contributed by atoms with van der Waals surface area (Å²) in [5.41, 5.74) is 2.87. The first-order valence-corrected chi connectivity index (χ1v) is 7.67. The third-order valence-electron chi connectivity index (χ3n) is 3.92. The molecule has 0 aliphatic rings. The smallest absolute Gasteiger partial charge is 0.340 e. The molecule has 0 radical (unpaired) electrons. The van der Waals surface area contributed by atoms with Crippen molar-refractivity contribution in [2.75, 3.05) is 0 Å². The lowest BCUT2D eigenvalue weighted by Crippen LogP contribution is -2.40. The molecule has 4 N–H and O–H groups in total. The van der Waals surface area contributed by atoms with Crippen LogP contribution in [0.2, 0.25) is 0 Å². The number of halogens is 1. The summed E-state index contributed by atoms with van der Waals surface area (Å²) >= 11 is 3.46. The van der Waals surface area contributed by atoms with Crippen molar-refractivity contribution in [1.29, 1.82) is 0 Å². The number of hydrogen-bond donors (Lipinski definition) is 3. The monoisotopic (exact) mass is 370 g/mol. The molecule has 0 spiro atoms. The van der Waals surface area contributed by atoms with E-state index < -0.39 is 11.6 Å². The largest absolute Gasteiger partial charge is 0.344 e. The first-order chi connectivity index (χ1) is 11.1. The lowest BCUT2D eigenvalue weighted by molar-refractivity contribution is 0.243. The van der Waals surface area contributed by atoms with E-state index in [1.54, 1.807) is 12.1 Å². The van der Waals surface area contributed by atoms with Gasteiger partial charge >= 0.3 is 6.03 Å². The number of nitrogens with two attached hydrogens (primary N) is 1. The molecule has 1 amide bonds. The van der Waals surface area contributed by atoms with Crippen molar-refractivity contribution in [1.82, 2.24) is 15.0 Å². The minimum absolute atomic E-state index is 0.415. The highest BCUT2D eigenvalue weighted by Crippen LogP contribution is 2.32. The quantitative estimate of drug-likeness (QED) is 0.252. The Morgan fingerprint density at radius 2 is 1.87 bits per heavy atom. The minimum atomic E-state index is -0.684. The van der Waals surface area contributed by atoms with Crippen molar-refractivity contribution < 1.29 is 4.79 Å². The van der Waals surface area contributed by atoms with Crippen LogP contribution in [0.5, 0.6) is 0 Å². The predicted octanol–water partition coefficient (Wildman–Crippen LogP) is 2.83. The number of rotatable bonds is 0. The van der Waals surface area contributed by atoms with Gasteiger partial charge in [0, 0.05) is 26.1 Å². The van der Waals surface area contributed by atoms with Crippen molar-refractivity contribution in [2.24, 2.45) is 5.84 Å². The number of hydrogen-bond acceptors (Lipinski definition) is 3. The summed E-state index contributed by atoms with van der Waals surface area (Å²) in [5.74, 6) is 5.25. The number of nitrogens with one attached hydrogen (secondary N) is 2. The van der Waals surface area contributed by atoms with E-state index in [-0.39, 0.29) is 0 Å². The number of carbonyl (C=O) groups is 1. The van der Waals surface area contributed by atoms with E-state index in [2.05, 4.69) is 20.9 Å². The maximum absolute atomic E-state index is 12.7. The fourth-order valence-electron chi connectivity index (χ4n) is 2.96. The van der Waals surface area contributed by atoms with Crippen molar-refractivity contribution >= 4 is 54.7 Å². The number of aromatic nitrogens is 2. The summed E-state index contributed by atoms with van der Waals surface area (Å²) in [6, 6.07) is 12.3. The molecule has 114 valence electrons. The zero-order valence-corrected chi connectivity index (χ0v) is 13.3. The third kappa shape index (κ3) is 1.90. The fraction of sp³-hybridized carbons (Fsp3) is 0. The highest BCUT2D eigenvalue weighted by molar-refractivity contribution is 9.10. The molecule has 7 heteroatoms. The molecule has 2 aromatic carbocycles. The zero-order valence-electron chi connectivity index (χ0n) is 11.8. The van der Waals surface area contributed by atoms with Gasteiger partial charge < -0.3 is 4.98 Å². The number of nitrogens with zero attached hydrogens (tertiary/aromatic N) is 1. The number of benzene rings is 2. The van der Waals surface area contributed by atoms with Crippen molar-refractivity contribution in [3.8, 4) is 0 Å². The molecule has 23 heavy (non-hydrogen) atoms. The fourth-order valence-corrected chi connectivity index (χ4v) is 3.32. The number of hydrazine groups is 1. The summed E-state index contributed by atoms with van der Waals surface area (Å²) in [5, 5.41) is 2.98. The molecular weight excluding hydrogens is 360 g/mol. The van der Waals surface area contributed by atoms with E-state index in [4.69, 9.17) is 5.84 Å². The van der Waals surface area contributed by atoms with Crippen molar-refractivity contribution in [2.45, 2.75) is 0 Å². The Morgan fingerprint density at radius 1 is 1.13 bits per heavy atom. The van der Waals surface area contributed by atoms with Crippen LogP contribution in [0.1, 0.15) is 0 Å². The van der Waals surface area contributed by atoms with E-state index in [9.17, 15) is 9.59 Å². The number of nitrogen functional groups attached to an aromatic ring is 1. The second-order valence-electron chi connectivity index (χ2n) is 5.17. The maximum Gasteiger partial charge on any atom is 0.344 e. The summed E-state index contributed by atoms with van der Waals surface area (Å²) < 4.78 is 1.95. The van der Waals surface area contributed by atoms with E-state index >= 15 is 0 Å². The van der Waals surface area contributed by atoms with Gasteiger partial charge in [-0.1, -0.05) is 34.1 Å². The molecule has 4 aromatic rings. The average Bonchev–Trinajstić information content (AvgIpc) is 2.93. The van der Waals surface area contributed by atoms with E-state index in [0.29, 0.717) is 11.0 Å². The van der Waals surface area contributed by atoms with Crippen LogP contribution < -0.4 is 16.8 Å². The number of aromatic amines is 1. The van der Waals surface area contributed by atoms with Gasteiger partial charge in [-0.05, 0) is 29.7 Å². The zero-order chi connectivity index (χ0) is 16.1. The van der Waals surface area contributed by atoms with Gasteiger partial charge in [0.1, 0.15) is 5.65 Å². The van der Waals surface area contributed by atoms with Gasteiger partial charge in [0.2, 0.25) is 0 Å². The van der Waals surface area contributed by atoms with Gasteiger partial charge in [0.25, 0.3) is 5.56 Å². The molecule has 0 aliphatic carbocycles. The summed E-state index contributed by atoms with van der Waals surface area (Å²) in [4.78, 5) is 28.0. The molecule has 0 fully saturated rings. The van der Waals surface area contributed by atoms with Crippen LogP contribution in [0.4, 0.5) is 4.79 Å². The molecule has 2 heterocycles. The van der Waals surface area contributed by atoms with Gasteiger partial charge in [0.05, 0.1) is 0 Å². The van der Waals surface area contributed by atoms with Crippen LogP contribution in [0.3, 0.4) is 0 Å². The first-order valence-electron chi connectivity index (χ1n) is 6.87. The molecule has 6 nitrogen and oxygen atoms in total. The Morgan fingerprint density at radius 3 is 2.61 bits per heavy atom. The van der Waals surface area contributed by atoms with Crippen molar-refractivity contribution in [3.63, 3.8) is 0 Å². The second-order valence-corrected chi connectivity index (χ2v) is 6.09. The van der Waals surface area contributed by atoms with Crippen LogP contribution in [0.15, 0.2) is 51.7 Å². The van der Waals surface area contributed by atoms with Gasteiger partial charge in [-0.15, -0.1) is 0 Å². The topological polar surface area (TPSA) is 92.9 Å². The normalized spacial score (nSPS) is 11.4. The van der Waals surface area contributed by atoms with Gasteiger partial charge in [0.15, 0.2) is 0 Å². The second kappa shape index (κ2) is 4.94. The van der Waals surface area contributed by atoms with Crippen molar-refractivity contribution in [3.05, 3.63) is 57.3 Å². The minimum Gasteiger partial charge on any atom is -0.340 e. The van der Waals surface area contributed by atoms with E-state index in [1.807, 2.05) is 35.8 Å². The molecule has 0 unspecified atom stereocenters. The van der Waals surface area contributed by atoms with E-state index in [1.165, 1.54) is 0 Å². The molecule has 0 saturated heterocycles. The summed E-state index contributed by atoms with van der Waals surface area (Å²) in [7, 11) is 0. The number of H-pyrrole nitrogens is 1. The lowest BCUT2D eigenvalue weighted by Gasteiger charge is -2.08. The summed E-state index contributed by atoms with van der Waals surface area (Å²) in [6.07, 6.45) is 0. The Hall–Kier alpha value is -2.64. The van der Waals surface area contributed by atoms with Crippen LogP contribution in [0.25, 0.3) is 32.7 Å².